The van der Waals surface area contributed by atoms with Crippen molar-refractivity contribution in [3.05, 3.63) is 47.1 Å². The van der Waals surface area contributed by atoms with Crippen LogP contribution in [0.15, 0.2) is 47.1 Å². The molecule has 4 atom stereocenters. The Bertz CT molecular complexity index is 739. The Balaban J connectivity index is 2.48. The third-order valence-electron chi connectivity index (χ3n) is 4.72. The molecule has 6 nitrogen and oxygen atoms in total. The summed E-state index contributed by atoms with van der Waals surface area (Å²) in [5, 5.41) is 10.9. The number of esters is 2. The predicted molar refractivity (Wildman–Crippen MR) is 95.0 cm³/mol. The van der Waals surface area contributed by atoms with Crippen LogP contribution < -0.4 is 0 Å². The van der Waals surface area contributed by atoms with E-state index < -0.39 is 36.2 Å². The standard InChI is InChI=1S/C20H24O6/c1-6-11(3)19(23)26-18-12(4)9-14(21)7-10(2)8-15-16(17(18)22)13(5)20(24)25-15/h6-7,9,15-18,22H,5,8H2,1-4H3/b10-7-,11-6-,12-9?/t15-,16+,17-,18-/m1/s1. The predicted octanol–water partition coefficient (Wildman–Crippen LogP) is 2.19. The smallest absolute Gasteiger partial charge is 0.334 e. The zero-order valence-electron chi connectivity index (χ0n) is 15.4. The number of carbonyl (C=O) groups is 3. The largest absolute Gasteiger partial charge is 0.458 e. The average molecular weight is 360 g/mol. The van der Waals surface area contributed by atoms with Gasteiger partial charge in [0.05, 0.1) is 5.92 Å². The molecule has 1 heterocycles. The van der Waals surface area contributed by atoms with Crippen molar-refractivity contribution in [2.75, 3.05) is 0 Å². The van der Waals surface area contributed by atoms with Crippen LogP contribution >= 0.6 is 0 Å². The lowest BCUT2D eigenvalue weighted by Crippen LogP contribution is -2.42. The van der Waals surface area contributed by atoms with Crippen molar-refractivity contribution in [2.24, 2.45) is 5.92 Å². The van der Waals surface area contributed by atoms with Gasteiger partial charge in [0, 0.05) is 17.6 Å². The number of carbonyl (C=O) groups excluding carboxylic acids is 3. The topological polar surface area (TPSA) is 89.9 Å². The molecule has 0 amide bonds. The van der Waals surface area contributed by atoms with Gasteiger partial charge in [0.1, 0.15) is 18.3 Å². The van der Waals surface area contributed by atoms with Crippen molar-refractivity contribution in [1.29, 1.82) is 0 Å². The molecule has 2 rings (SSSR count). The van der Waals surface area contributed by atoms with Crippen LogP contribution in [0.1, 0.15) is 34.1 Å². The molecule has 0 bridgehead atoms. The minimum Gasteiger partial charge on any atom is -0.458 e. The minimum absolute atomic E-state index is 0.138. The van der Waals surface area contributed by atoms with Gasteiger partial charge in [0.25, 0.3) is 0 Å². The number of aliphatic hydroxyl groups excluding tert-OH is 1. The number of aliphatic hydroxyl groups is 1. The maximum absolute atomic E-state index is 12.2. The van der Waals surface area contributed by atoms with Crippen molar-refractivity contribution in [3.8, 4) is 0 Å². The van der Waals surface area contributed by atoms with E-state index in [2.05, 4.69) is 6.58 Å². The fourth-order valence-electron chi connectivity index (χ4n) is 3.16. The van der Waals surface area contributed by atoms with E-state index in [4.69, 9.17) is 9.47 Å². The summed E-state index contributed by atoms with van der Waals surface area (Å²) in [6.45, 7) is 10.4. The van der Waals surface area contributed by atoms with Crippen molar-refractivity contribution >= 4 is 17.7 Å². The quantitative estimate of drug-likeness (QED) is 0.600. The van der Waals surface area contributed by atoms with Crippen LogP contribution in [0, 0.1) is 5.92 Å². The molecule has 26 heavy (non-hydrogen) atoms. The molecule has 0 unspecified atom stereocenters. The fourth-order valence-corrected chi connectivity index (χ4v) is 3.16. The molecule has 1 saturated heterocycles. The summed E-state index contributed by atoms with van der Waals surface area (Å²) in [4.78, 5) is 36.3. The second-order valence-corrected chi connectivity index (χ2v) is 6.77. The van der Waals surface area contributed by atoms with Gasteiger partial charge >= 0.3 is 11.9 Å². The molecule has 0 saturated carbocycles. The summed E-state index contributed by atoms with van der Waals surface area (Å²) in [5.41, 5.74) is 1.62. The number of rotatable bonds is 2. The Morgan fingerprint density at radius 2 is 2.00 bits per heavy atom. The summed E-state index contributed by atoms with van der Waals surface area (Å²) in [6, 6.07) is 0. The summed E-state index contributed by atoms with van der Waals surface area (Å²) in [7, 11) is 0. The monoisotopic (exact) mass is 360 g/mol. The van der Waals surface area contributed by atoms with E-state index in [1.165, 1.54) is 12.2 Å². The van der Waals surface area contributed by atoms with Crippen LogP contribution in [0.3, 0.4) is 0 Å². The molecule has 6 heteroatoms. The van der Waals surface area contributed by atoms with Crippen molar-refractivity contribution in [2.45, 2.75) is 52.4 Å². The average Bonchev–Trinajstić information content (AvgIpc) is 2.83. The Morgan fingerprint density at radius 1 is 1.35 bits per heavy atom. The molecule has 0 spiro atoms. The van der Waals surface area contributed by atoms with E-state index in [0.29, 0.717) is 17.6 Å². The molecule has 1 aliphatic carbocycles. The molecule has 140 valence electrons. The van der Waals surface area contributed by atoms with Crippen molar-refractivity contribution < 1.29 is 29.0 Å². The second-order valence-electron chi connectivity index (χ2n) is 6.77. The molecule has 1 N–H and O–H groups in total. The number of hydrogen-bond acceptors (Lipinski definition) is 6. The first-order valence-electron chi connectivity index (χ1n) is 8.46. The van der Waals surface area contributed by atoms with Gasteiger partial charge in [-0.3, -0.25) is 4.79 Å². The molecular weight excluding hydrogens is 336 g/mol. The number of fused-ring (bicyclic) bond motifs is 1. The molecule has 0 radical (unpaired) electrons. The Labute approximate surface area is 152 Å². The van der Waals surface area contributed by atoms with Gasteiger partial charge in [-0.1, -0.05) is 18.2 Å². The van der Waals surface area contributed by atoms with E-state index in [9.17, 15) is 19.5 Å². The highest BCUT2D eigenvalue weighted by atomic mass is 16.6. The number of hydrogen-bond donors (Lipinski definition) is 1. The Kier molecular flexibility index (Phi) is 5.97. The molecule has 1 aliphatic heterocycles. The fraction of sp³-hybridized carbons (Fsp3) is 0.450. The van der Waals surface area contributed by atoms with Crippen LogP contribution in [-0.4, -0.2) is 41.1 Å². The van der Waals surface area contributed by atoms with Crippen LogP contribution in [-0.2, 0) is 23.9 Å². The number of ketones is 1. The lowest BCUT2D eigenvalue weighted by molar-refractivity contribution is -0.151. The lowest BCUT2D eigenvalue weighted by atomic mass is 9.83. The minimum atomic E-state index is -1.26. The number of allylic oxidation sites excluding steroid dienone is 3. The van der Waals surface area contributed by atoms with E-state index in [1.54, 1.807) is 33.8 Å². The maximum atomic E-state index is 12.2. The zero-order chi connectivity index (χ0) is 19.6. The van der Waals surface area contributed by atoms with Gasteiger partial charge < -0.3 is 14.6 Å². The summed E-state index contributed by atoms with van der Waals surface area (Å²) < 4.78 is 10.8. The van der Waals surface area contributed by atoms with E-state index in [1.807, 2.05) is 0 Å². The SMILES string of the molecule is C=C1C(=O)O[C@@H]2C/C(C)=C\C(=O)C=C(C)[C@@H](OC(=O)/C(C)=C\C)[C@H](O)[C@@H]12. The zero-order valence-corrected chi connectivity index (χ0v) is 15.4. The van der Waals surface area contributed by atoms with Crippen molar-refractivity contribution in [3.63, 3.8) is 0 Å². The van der Waals surface area contributed by atoms with Crippen molar-refractivity contribution in [1.82, 2.24) is 0 Å². The Morgan fingerprint density at radius 3 is 2.62 bits per heavy atom. The van der Waals surface area contributed by atoms with Crippen LogP contribution in [0.25, 0.3) is 0 Å². The van der Waals surface area contributed by atoms with Gasteiger partial charge in [-0.05, 0) is 45.4 Å². The van der Waals surface area contributed by atoms with E-state index >= 15 is 0 Å². The molecular formula is C20H24O6. The summed E-state index contributed by atoms with van der Waals surface area (Å²) in [5.74, 6) is -2.20. The highest BCUT2D eigenvalue weighted by molar-refractivity contribution is 6.00. The second kappa shape index (κ2) is 7.83. The molecule has 0 aromatic heterocycles. The summed E-state index contributed by atoms with van der Waals surface area (Å²) >= 11 is 0. The first-order chi connectivity index (χ1) is 12.1. The summed E-state index contributed by atoms with van der Waals surface area (Å²) in [6.07, 6.45) is 1.65. The third-order valence-corrected chi connectivity index (χ3v) is 4.72. The molecule has 1 fully saturated rings. The normalized spacial score (nSPS) is 32.2. The highest BCUT2D eigenvalue weighted by Crippen LogP contribution is 2.36. The first-order valence-corrected chi connectivity index (χ1v) is 8.46. The first kappa shape index (κ1) is 19.8. The van der Waals surface area contributed by atoms with Gasteiger partial charge in [0.15, 0.2) is 5.78 Å². The molecule has 0 aromatic rings. The lowest BCUT2D eigenvalue weighted by Gasteiger charge is -2.31. The Hall–Kier alpha value is -2.47. The third kappa shape index (κ3) is 4.02. The van der Waals surface area contributed by atoms with E-state index in [0.717, 1.165) is 5.57 Å². The van der Waals surface area contributed by atoms with Gasteiger partial charge in [-0.25, -0.2) is 9.59 Å². The van der Waals surface area contributed by atoms with Crippen LogP contribution in [0.2, 0.25) is 0 Å². The maximum Gasteiger partial charge on any atom is 0.334 e. The molecule has 0 aromatic carbocycles. The van der Waals surface area contributed by atoms with Gasteiger partial charge in [-0.2, -0.15) is 0 Å². The van der Waals surface area contributed by atoms with Gasteiger partial charge in [0.2, 0.25) is 0 Å². The highest BCUT2D eigenvalue weighted by Gasteiger charge is 2.47. The van der Waals surface area contributed by atoms with Gasteiger partial charge in [-0.15, -0.1) is 0 Å². The van der Waals surface area contributed by atoms with Crippen LogP contribution in [0.5, 0.6) is 0 Å². The molecule has 2 aliphatic rings. The van der Waals surface area contributed by atoms with E-state index in [-0.39, 0.29) is 11.4 Å². The number of ether oxygens (including phenoxy) is 2. The van der Waals surface area contributed by atoms with Crippen LogP contribution in [0.4, 0.5) is 0 Å².